The van der Waals surface area contributed by atoms with Gasteiger partial charge in [0.2, 0.25) is 5.91 Å². The Labute approximate surface area is 168 Å². The van der Waals surface area contributed by atoms with Crippen LogP contribution in [0, 0.1) is 11.8 Å². The van der Waals surface area contributed by atoms with E-state index in [1.54, 1.807) is 0 Å². The molecule has 0 aromatic heterocycles. The lowest BCUT2D eigenvalue weighted by Gasteiger charge is -2.40. The molecule has 3 nitrogen and oxygen atoms in total. The first-order valence-electron chi connectivity index (χ1n) is 9.42. The van der Waals surface area contributed by atoms with E-state index in [2.05, 4.69) is 5.32 Å². The summed E-state index contributed by atoms with van der Waals surface area (Å²) in [7, 11) is 0. The maximum absolute atomic E-state index is 13.3. The highest BCUT2D eigenvalue weighted by Crippen LogP contribution is 2.59. The number of rotatable bonds is 2. The van der Waals surface area contributed by atoms with Crippen molar-refractivity contribution in [2.24, 2.45) is 11.8 Å². The molecule has 2 saturated carbocycles. The molecule has 5 rings (SSSR count). The second-order valence-electron chi connectivity index (χ2n) is 8.00. The molecule has 1 amide bonds. The number of amides is 1. The summed E-state index contributed by atoms with van der Waals surface area (Å²) in [6.07, 6.45) is 3.72. The zero-order valence-electron chi connectivity index (χ0n) is 14.7. The van der Waals surface area contributed by atoms with Gasteiger partial charge in [-0.1, -0.05) is 35.3 Å². The highest BCUT2D eigenvalue weighted by Gasteiger charge is 2.59. The number of benzene rings is 2. The van der Waals surface area contributed by atoms with Crippen molar-refractivity contribution >= 4 is 40.6 Å². The van der Waals surface area contributed by atoms with E-state index < -0.39 is 5.41 Å². The second-order valence-corrected chi connectivity index (χ2v) is 8.87. The normalized spacial score (nSPS) is 27.0. The first kappa shape index (κ1) is 17.3. The lowest BCUT2D eigenvalue weighted by atomic mass is 9.60. The van der Waals surface area contributed by atoms with Crippen LogP contribution in [0.1, 0.15) is 37.7 Å². The molecule has 1 spiro atoms. The molecule has 0 saturated heterocycles. The number of ketones is 1. The Bertz CT molecular complexity index is 982. The fraction of sp³-hybridized carbons (Fsp3) is 0.364. The number of halogens is 2. The minimum Gasteiger partial charge on any atom is -0.325 e. The highest BCUT2D eigenvalue weighted by atomic mass is 35.5. The van der Waals surface area contributed by atoms with Crippen molar-refractivity contribution < 1.29 is 9.59 Å². The molecule has 1 N–H and O–H groups in total. The summed E-state index contributed by atoms with van der Waals surface area (Å²) in [6.45, 7) is 0. The third-order valence-electron chi connectivity index (χ3n) is 6.41. The number of carbonyl (C=O) groups excluding carboxylic acids is 2. The van der Waals surface area contributed by atoms with Crippen LogP contribution in [0.3, 0.4) is 0 Å². The van der Waals surface area contributed by atoms with Crippen molar-refractivity contribution in [2.45, 2.75) is 37.5 Å². The molecular formula is C22H19Cl2NO2. The zero-order valence-corrected chi connectivity index (χ0v) is 16.2. The first-order valence-corrected chi connectivity index (χ1v) is 10.2. The van der Waals surface area contributed by atoms with Crippen molar-refractivity contribution in [3.8, 4) is 11.1 Å². The van der Waals surface area contributed by atoms with Gasteiger partial charge in [0.15, 0.2) is 0 Å². The molecule has 1 heterocycles. The van der Waals surface area contributed by atoms with E-state index in [0.717, 1.165) is 35.2 Å². The molecule has 138 valence electrons. The van der Waals surface area contributed by atoms with Crippen LogP contribution in [0.2, 0.25) is 10.0 Å². The summed E-state index contributed by atoms with van der Waals surface area (Å²) < 4.78 is 0. The standard InChI is InChI=1S/C22H19Cl2NO2/c23-14-3-1-2-13(8-14)17-9-15(24)10-19-20(17)22(21(27)25-19)7-6-16(26)11-18(22)12-4-5-12/h1-3,8-10,12,18H,4-7,11H2,(H,25,27)/t18-,22+/m1/s1. The van der Waals surface area contributed by atoms with Crippen LogP contribution in [0.25, 0.3) is 11.1 Å². The lowest BCUT2D eigenvalue weighted by molar-refractivity contribution is -0.130. The molecule has 1 aliphatic heterocycles. The molecule has 2 aliphatic carbocycles. The van der Waals surface area contributed by atoms with Crippen molar-refractivity contribution in [1.82, 2.24) is 0 Å². The van der Waals surface area contributed by atoms with Gasteiger partial charge >= 0.3 is 0 Å². The smallest absolute Gasteiger partial charge is 0.235 e. The Morgan fingerprint density at radius 2 is 1.85 bits per heavy atom. The van der Waals surface area contributed by atoms with Crippen LogP contribution in [-0.4, -0.2) is 11.7 Å². The van der Waals surface area contributed by atoms with Gasteiger partial charge in [0, 0.05) is 28.6 Å². The minimum atomic E-state index is -0.646. The largest absolute Gasteiger partial charge is 0.325 e. The topological polar surface area (TPSA) is 46.2 Å². The molecular weight excluding hydrogens is 381 g/mol. The Morgan fingerprint density at radius 3 is 2.59 bits per heavy atom. The third-order valence-corrected chi connectivity index (χ3v) is 6.86. The van der Waals surface area contributed by atoms with Gasteiger partial charge in [0.05, 0.1) is 5.41 Å². The fourth-order valence-corrected chi connectivity index (χ4v) is 5.53. The van der Waals surface area contributed by atoms with Crippen molar-refractivity contribution in [3.05, 3.63) is 52.0 Å². The van der Waals surface area contributed by atoms with Crippen LogP contribution < -0.4 is 5.32 Å². The van der Waals surface area contributed by atoms with Gasteiger partial charge in [0.25, 0.3) is 0 Å². The average molecular weight is 400 g/mol. The number of Topliss-reactive ketones (excluding diaryl/α,β-unsaturated/α-hetero) is 1. The number of hydrogen-bond donors (Lipinski definition) is 1. The minimum absolute atomic E-state index is 0.0208. The van der Waals surface area contributed by atoms with Crippen molar-refractivity contribution in [3.63, 3.8) is 0 Å². The maximum Gasteiger partial charge on any atom is 0.235 e. The Morgan fingerprint density at radius 1 is 1.04 bits per heavy atom. The summed E-state index contributed by atoms with van der Waals surface area (Å²) in [5, 5.41) is 4.31. The van der Waals surface area contributed by atoms with E-state index in [9.17, 15) is 9.59 Å². The van der Waals surface area contributed by atoms with E-state index in [1.165, 1.54) is 0 Å². The molecule has 27 heavy (non-hydrogen) atoms. The van der Waals surface area contributed by atoms with Gasteiger partial charge in [0.1, 0.15) is 5.78 Å². The molecule has 2 aromatic rings. The number of anilines is 1. The van der Waals surface area contributed by atoms with Crippen LogP contribution in [0.5, 0.6) is 0 Å². The predicted octanol–water partition coefficient (Wildman–Crippen LogP) is 5.63. The van der Waals surface area contributed by atoms with Gasteiger partial charge in [-0.05, 0) is 72.1 Å². The Kier molecular flexibility index (Phi) is 3.89. The summed E-state index contributed by atoms with van der Waals surface area (Å²) >= 11 is 12.6. The maximum atomic E-state index is 13.3. The molecule has 2 fully saturated rings. The summed E-state index contributed by atoms with van der Waals surface area (Å²) in [5.41, 5.74) is 3.03. The molecule has 0 unspecified atom stereocenters. The predicted molar refractivity (Wildman–Crippen MR) is 107 cm³/mol. The van der Waals surface area contributed by atoms with Gasteiger partial charge in [-0.2, -0.15) is 0 Å². The van der Waals surface area contributed by atoms with Crippen molar-refractivity contribution in [1.29, 1.82) is 0 Å². The number of nitrogens with one attached hydrogen (secondary N) is 1. The van der Waals surface area contributed by atoms with Gasteiger partial charge in [-0.15, -0.1) is 0 Å². The number of fused-ring (bicyclic) bond motifs is 2. The molecule has 2 atom stereocenters. The van der Waals surface area contributed by atoms with E-state index >= 15 is 0 Å². The molecule has 3 aliphatic rings. The Hall–Kier alpha value is -1.84. The molecule has 5 heteroatoms. The van der Waals surface area contributed by atoms with E-state index in [4.69, 9.17) is 23.2 Å². The van der Waals surface area contributed by atoms with Crippen LogP contribution >= 0.6 is 23.2 Å². The third kappa shape index (κ3) is 2.63. The number of carbonyl (C=O) groups is 2. The monoisotopic (exact) mass is 399 g/mol. The summed E-state index contributed by atoms with van der Waals surface area (Å²) in [6, 6.07) is 11.4. The zero-order chi connectivity index (χ0) is 18.8. The van der Waals surface area contributed by atoms with Gasteiger partial charge in [-0.3, -0.25) is 9.59 Å². The van der Waals surface area contributed by atoms with E-state index in [1.807, 2.05) is 36.4 Å². The van der Waals surface area contributed by atoms with E-state index in [0.29, 0.717) is 35.2 Å². The fourth-order valence-electron chi connectivity index (χ4n) is 5.12. The van der Waals surface area contributed by atoms with Crippen LogP contribution in [0.4, 0.5) is 5.69 Å². The summed E-state index contributed by atoms with van der Waals surface area (Å²) in [5.74, 6) is 0.817. The van der Waals surface area contributed by atoms with Gasteiger partial charge < -0.3 is 5.32 Å². The SMILES string of the molecule is O=C1CC[C@]2(C(=O)Nc3cc(Cl)cc(-c4cccc(Cl)c4)c32)[C@@H](C2CC2)C1. The lowest BCUT2D eigenvalue weighted by Crippen LogP contribution is -2.47. The van der Waals surface area contributed by atoms with Crippen molar-refractivity contribution in [2.75, 3.05) is 5.32 Å². The quantitative estimate of drug-likeness (QED) is 0.710. The molecule has 0 radical (unpaired) electrons. The summed E-state index contributed by atoms with van der Waals surface area (Å²) in [4.78, 5) is 25.6. The second kappa shape index (κ2) is 6.08. The molecule has 2 aromatic carbocycles. The van der Waals surface area contributed by atoms with E-state index in [-0.39, 0.29) is 17.6 Å². The average Bonchev–Trinajstić information content (AvgIpc) is 3.43. The number of hydrogen-bond acceptors (Lipinski definition) is 2. The van der Waals surface area contributed by atoms with Crippen LogP contribution in [0.15, 0.2) is 36.4 Å². The van der Waals surface area contributed by atoms with Crippen LogP contribution in [-0.2, 0) is 15.0 Å². The first-order chi connectivity index (χ1) is 13.0. The Balaban J connectivity index is 1.76. The molecule has 0 bridgehead atoms. The highest BCUT2D eigenvalue weighted by molar-refractivity contribution is 6.32. The van der Waals surface area contributed by atoms with Gasteiger partial charge in [-0.25, -0.2) is 0 Å².